The molecule has 0 aliphatic rings. The Kier molecular flexibility index (Phi) is 3.72. The highest BCUT2D eigenvalue weighted by molar-refractivity contribution is 5.81. The summed E-state index contributed by atoms with van der Waals surface area (Å²) in [6, 6.07) is 13.9. The first-order valence-corrected chi connectivity index (χ1v) is 8.58. The van der Waals surface area contributed by atoms with Gasteiger partial charge in [-0.05, 0) is 51.5 Å². The van der Waals surface area contributed by atoms with E-state index in [0.29, 0.717) is 5.52 Å². The second-order valence-corrected chi connectivity index (χ2v) is 6.75. The Morgan fingerprint density at radius 2 is 1.54 bits per heavy atom. The zero-order chi connectivity index (χ0) is 18.4. The zero-order valence-electron chi connectivity index (χ0n) is 15.3. The first kappa shape index (κ1) is 16.3. The molecule has 0 saturated heterocycles. The lowest BCUT2D eigenvalue weighted by atomic mass is 10.1. The predicted octanol–water partition coefficient (Wildman–Crippen LogP) is 3.81. The van der Waals surface area contributed by atoms with Gasteiger partial charge >= 0.3 is 0 Å². The molecule has 4 aromatic rings. The molecule has 0 unspecified atom stereocenters. The minimum atomic E-state index is -0.174. The first-order chi connectivity index (χ1) is 12.5. The zero-order valence-corrected chi connectivity index (χ0v) is 15.3. The smallest absolute Gasteiger partial charge is 0.265 e. The van der Waals surface area contributed by atoms with Crippen LogP contribution >= 0.6 is 0 Å². The third kappa shape index (κ3) is 2.52. The molecule has 0 N–H and O–H groups in total. The minimum absolute atomic E-state index is 0.174. The van der Waals surface area contributed by atoms with Gasteiger partial charge in [-0.2, -0.15) is 14.9 Å². The van der Waals surface area contributed by atoms with Gasteiger partial charge in [-0.25, -0.2) is 4.68 Å². The van der Waals surface area contributed by atoms with E-state index in [4.69, 9.17) is 0 Å². The van der Waals surface area contributed by atoms with E-state index in [2.05, 4.69) is 23.2 Å². The Labute approximate surface area is 151 Å². The molecule has 26 heavy (non-hydrogen) atoms. The number of fused-ring (bicyclic) bond motifs is 1. The summed E-state index contributed by atoms with van der Waals surface area (Å²) in [6.07, 6.45) is 1.72. The average molecular weight is 344 g/mol. The van der Waals surface area contributed by atoms with Gasteiger partial charge in [-0.3, -0.25) is 4.79 Å². The summed E-state index contributed by atoms with van der Waals surface area (Å²) in [5.41, 5.74) is 6.19. The van der Waals surface area contributed by atoms with Crippen molar-refractivity contribution in [2.45, 2.75) is 27.7 Å². The van der Waals surface area contributed by atoms with Gasteiger partial charge in [0.25, 0.3) is 5.56 Å². The lowest BCUT2D eigenvalue weighted by molar-refractivity contribution is 0.790. The molecule has 2 aromatic heterocycles. The molecule has 130 valence electrons. The van der Waals surface area contributed by atoms with E-state index in [-0.39, 0.29) is 5.56 Å². The van der Waals surface area contributed by atoms with Crippen molar-refractivity contribution in [3.63, 3.8) is 0 Å². The molecular weight excluding hydrogens is 324 g/mol. The van der Waals surface area contributed by atoms with Crippen LogP contribution in [-0.2, 0) is 0 Å². The fourth-order valence-corrected chi connectivity index (χ4v) is 3.26. The molecule has 2 aromatic carbocycles. The third-order valence-corrected chi connectivity index (χ3v) is 4.66. The minimum Gasteiger partial charge on any atom is -0.265 e. The van der Waals surface area contributed by atoms with Crippen LogP contribution in [0.2, 0.25) is 0 Å². The van der Waals surface area contributed by atoms with E-state index in [9.17, 15) is 4.79 Å². The van der Waals surface area contributed by atoms with Gasteiger partial charge < -0.3 is 0 Å². The van der Waals surface area contributed by atoms with Crippen molar-refractivity contribution in [2.24, 2.45) is 0 Å². The molecule has 5 heteroatoms. The highest BCUT2D eigenvalue weighted by Crippen LogP contribution is 2.21. The largest absolute Gasteiger partial charge is 0.298 e. The van der Waals surface area contributed by atoms with Gasteiger partial charge in [0.05, 0.1) is 23.3 Å². The maximum Gasteiger partial charge on any atom is 0.298 e. The van der Waals surface area contributed by atoms with Crippen molar-refractivity contribution in [3.8, 4) is 11.4 Å². The fraction of sp³-hybridized carbons (Fsp3) is 0.190. The summed E-state index contributed by atoms with van der Waals surface area (Å²) in [5, 5.41) is 9.76. The maximum atomic E-state index is 13.2. The number of hydrogen-bond donors (Lipinski definition) is 0. The van der Waals surface area contributed by atoms with E-state index in [1.807, 2.05) is 57.2 Å². The molecule has 0 radical (unpaired) electrons. The van der Waals surface area contributed by atoms with Crippen molar-refractivity contribution in [1.29, 1.82) is 0 Å². The Morgan fingerprint density at radius 3 is 2.23 bits per heavy atom. The fourth-order valence-electron chi connectivity index (χ4n) is 3.26. The molecular formula is C21H20N4O. The van der Waals surface area contributed by atoms with E-state index >= 15 is 0 Å². The van der Waals surface area contributed by atoms with Crippen LogP contribution in [0.15, 0.2) is 53.5 Å². The van der Waals surface area contributed by atoms with E-state index in [1.165, 1.54) is 10.2 Å². The van der Waals surface area contributed by atoms with Crippen LogP contribution in [-0.4, -0.2) is 19.6 Å². The molecule has 0 spiro atoms. The number of nitrogens with zero attached hydrogens (tertiary/aromatic N) is 4. The van der Waals surface area contributed by atoms with Crippen molar-refractivity contribution >= 4 is 10.9 Å². The maximum absolute atomic E-state index is 13.2. The van der Waals surface area contributed by atoms with E-state index < -0.39 is 0 Å². The average Bonchev–Trinajstić information content (AvgIpc) is 3.05. The van der Waals surface area contributed by atoms with Crippen LogP contribution in [0.1, 0.15) is 22.4 Å². The molecule has 0 aliphatic heterocycles. The van der Waals surface area contributed by atoms with Crippen LogP contribution in [0.25, 0.3) is 22.3 Å². The second kappa shape index (κ2) is 5.95. The molecule has 0 atom stereocenters. The van der Waals surface area contributed by atoms with Crippen molar-refractivity contribution in [2.75, 3.05) is 0 Å². The van der Waals surface area contributed by atoms with Gasteiger partial charge in [0.15, 0.2) is 0 Å². The molecule has 0 aliphatic carbocycles. The van der Waals surface area contributed by atoms with Crippen LogP contribution in [0, 0.1) is 27.7 Å². The monoisotopic (exact) mass is 344 g/mol. The van der Waals surface area contributed by atoms with Crippen molar-refractivity contribution in [1.82, 2.24) is 19.6 Å². The molecule has 0 bridgehead atoms. The molecule has 0 amide bonds. The summed E-state index contributed by atoms with van der Waals surface area (Å²) in [7, 11) is 0. The highest BCUT2D eigenvalue weighted by Gasteiger charge is 2.16. The quantitative estimate of drug-likeness (QED) is 0.556. The third-order valence-electron chi connectivity index (χ3n) is 4.66. The lowest BCUT2D eigenvalue weighted by Crippen LogP contribution is -2.24. The Morgan fingerprint density at radius 1 is 0.846 bits per heavy atom. The molecule has 5 nitrogen and oxygen atoms in total. The summed E-state index contributed by atoms with van der Waals surface area (Å²) in [5.74, 6) is 0. The van der Waals surface area contributed by atoms with Crippen molar-refractivity contribution < 1.29 is 0 Å². The second-order valence-electron chi connectivity index (χ2n) is 6.75. The number of hydrogen-bond acceptors (Lipinski definition) is 3. The standard InChI is InChI=1S/C21H20N4O/c1-13-5-8-17(9-6-13)24-21(26)20-18(16(4)23-24)12-22-25(20)19-10-7-14(2)11-15(19)3/h5-12H,1-4H3. The molecule has 2 heterocycles. The molecule has 0 fully saturated rings. The summed E-state index contributed by atoms with van der Waals surface area (Å²) in [4.78, 5) is 13.2. The van der Waals surface area contributed by atoms with Crippen LogP contribution in [0.5, 0.6) is 0 Å². The van der Waals surface area contributed by atoms with Gasteiger partial charge in [0, 0.05) is 5.39 Å². The Balaban J connectivity index is 2.03. The normalized spacial score (nSPS) is 11.2. The molecule has 0 saturated carbocycles. The topological polar surface area (TPSA) is 52.7 Å². The SMILES string of the molecule is Cc1ccc(-n2nc(C)c3cnn(-c4ccc(C)cc4C)c3c2=O)cc1. The van der Waals surface area contributed by atoms with Gasteiger partial charge in [0.2, 0.25) is 0 Å². The number of aryl methyl sites for hydroxylation is 4. The highest BCUT2D eigenvalue weighted by atomic mass is 16.1. The number of rotatable bonds is 2. The van der Waals surface area contributed by atoms with Gasteiger partial charge in [-0.1, -0.05) is 35.4 Å². The summed E-state index contributed by atoms with van der Waals surface area (Å²) < 4.78 is 3.19. The van der Waals surface area contributed by atoms with Gasteiger partial charge in [-0.15, -0.1) is 0 Å². The Bertz CT molecular complexity index is 1180. The van der Waals surface area contributed by atoms with Crippen LogP contribution < -0.4 is 5.56 Å². The molecule has 4 rings (SSSR count). The first-order valence-electron chi connectivity index (χ1n) is 8.58. The van der Waals surface area contributed by atoms with E-state index in [0.717, 1.165) is 33.6 Å². The van der Waals surface area contributed by atoms with Crippen LogP contribution in [0.4, 0.5) is 0 Å². The predicted molar refractivity (Wildman–Crippen MR) is 103 cm³/mol. The number of benzene rings is 2. The van der Waals surface area contributed by atoms with E-state index in [1.54, 1.807) is 10.9 Å². The summed E-state index contributed by atoms with van der Waals surface area (Å²) in [6.45, 7) is 8.00. The van der Waals surface area contributed by atoms with Crippen LogP contribution in [0.3, 0.4) is 0 Å². The van der Waals surface area contributed by atoms with Crippen molar-refractivity contribution in [3.05, 3.63) is 81.4 Å². The van der Waals surface area contributed by atoms with Gasteiger partial charge in [0.1, 0.15) is 5.52 Å². The number of aromatic nitrogens is 4. The summed E-state index contributed by atoms with van der Waals surface area (Å²) >= 11 is 0. The lowest BCUT2D eigenvalue weighted by Gasteiger charge is -2.10. The Hall–Kier alpha value is -3.21.